The number of ether oxygens (including phenoxy) is 1. The summed E-state index contributed by atoms with van der Waals surface area (Å²) in [5, 5.41) is 0. The quantitative estimate of drug-likeness (QED) is 0.345. The Morgan fingerprint density at radius 1 is 1.14 bits per heavy atom. The molecule has 1 saturated carbocycles. The van der Waals surface area contributed by atoms with Gasteiger partial charge in [0.15, 0.2) is 0 Å². The fourth-order valence-electron chi connectivity index (χ4n) is 6.55. The molecule has 4 rings (SSSR count). The molecular weight excluding hydrogens is 457 g/mol. The van der Waals surface area contributed by atoms with Gasteiger partial charge >= 0.3 is 5.97 Å². The molecule has 2 fully saturated rings. The first-order chi connectivity index (χ1) is 17.5. The highest BCUT2D eigenvalue weighted by Gasteiger charge is 2.58. The molecule has 36 heavy (non-hydrogen) atoms. The van der Waals surface area contributed by atoms with E-state index in [1.807, 2.05) is 35.5 Å². The molecule has 2 aliphatic rings. The van der Waals surface area contributed by atoms with Gasteiger partial charge < -0.3 is 19.0 Å². The van der Waals surface area contributed by atoms with E-state index in [1.54, 1.807) is 6.07 Å². The predicted octanol–water partition coefficient (Wildman–Crippen LogP) is 5.44. The van der Waals surface area contributed by atoms with E-state index in [0.717, 1.165) is 32.2 Å². The lowest BCUT2D eigenvalue weighted by molar-refractivity contribution is -0.142. The van der Waals surface area contributed by atoms with Gasteiger partial charge in [-0.05, 0) is 62.3 Å². The average molecular weight is 494 g/mol. The number of nitrogens with zero attached hydrogens (tertiary/aromatic N) is 3. The first-order valence-corrected chi connectivity index (χ1v) is 13.1. The van der Waals surface area contributed by atoms with Crippen LogP contribution in [0.15, 0.2) is 48.8 Å². The van der Waals surface area contributed by atoms with Gasteiger partial charge in [-0.15, -0.1) is 0 Å². The van der Waals surface area contributed by atoms with Gasteiger partial charge in [-0.1, -0.05) is 18.6 Å². The molecule has 1 saturated heterocycles. The zero-order chi connectivity index (χ0) is 25.5. The summed E-state index contributed by atoms with van der Waals surface area (Å²) in [6, 6.07) is 10.4. The van der Waals surface area contributed by atoms with Gasteiger partial charge in [0.05, 0.1) is 7.11 Å². The maximum Gasteiger partial charge on any atom is 0.305 e. The maximum atomic E-state index is 14.4. The number of rotatable bonds is 9. The van der Waals surface area contributed by atoms with Crippen molar-refractivity contribution in [1.82, 2.24) is 9.47 Å². The number of methoxy groups -OCH3 is 1. The minimum Gasteiger partial charge on any atom is -0.469 e. The van der Waals surface area contributed by atoms with Crippen molar-refractivity contribution in [2.45, 2.75) is 63.5 Å². The largest absolute Gasteiger partial charge is 0.469 e. The number of piperidine rings is 1. The summed E-state index contributed by atoms with van der Waals surface area (Å²) in [7, 11) is 1.40. The second-order valence-corrected chi connectivity index (χ2v) is 10.2. The third-order valence-electron chi connectivity index (χ3n) is 8.30. The zero-order valence-corrected chi connectivity index (χ0v) is 21.1. The van der Waals surface area contributed by atoms with Gasteiger partial charge in [0, 0.05) is 62.3 Å². The van der Waals surface area contributed by atoms with Gasteiger partial charge in [0.2, 0.25) is 5.91 Å². The highest BCUT2D eigenvalue weighted by molar-refractivity contribution is 5.76. The lowest BCUT2D eigenvalue weighted by Gasteiger charge is -2.42. The summed E-state index contributed by atoms with van der Waals surface area (Å²) >= 11 is 0. The van der Waals surface area contributed by atoms with Crippen LogP contribution in [0.25, 0.3) is 4.85 Å². The zero-order valence-electron chi connectivity index (χ0n) is 21.1. The number of carbonyl (C=O) groups is 2. The molecule has 3 atom stereocenters. The predicted molar refractivity (Wildman–Crippen MR) is 135 cm³/mol. The van der Waals surface area contributed by atoms with Gasteiger partial charge in [-0.2, -0.15) is 0 Å². The number of hydrogen-bond acceptors (Lipinski definition) is 3. The number of aromatic nitrogens is 1. The molecule has 0 N–H and O–H groups in total. The molecule has 1 aliphatic carbocycles. The van der Waals surface area contributed by atoms with Gasteiger partial charge in [-0.25, -0.2) is 11.0 Å². The fourth-order valence-corrected chi connectivity index (χ4v) is 6.55. The Kier molecular flexibility index (Phi) is 8.45. The third-order valence-corrected chi connectivity index (χ3v) is 8.30. The van der Waals surface area contributed by atoms with Crippen molar-refractivity contribution in [3.8, 4) is 0 Å². The van der Waals surface area contributed by atoms with E-state index in [1.165, 1.54) is 19.2 Å². The molecule has 0 unspecified atom stereocenters. The minimum absolute atomic E-state index is 0.0102. The normalized spacial score (nSPS) is 22.1. The van der Waals surface area contributed by atoms with Crippen LogP contribution in [0.2, 0.25) is 0 Å². The van der Waals surface area contributed by atoms with E-state index in [2.05, 4.69) is 9.41 Å². The van der Waals surface area contributed by atoms with E-state index in [0.29, 0.717) is 37.9 Å². The highest BCUT2D eigenvalue weighted by atomic mass is 19.1. The second kappa shape index (κ2) is 11.7. The number of hydrogen-bond donors (Lipinski definition) is 0. The Bertz CT molecular complexity index is 1070. The second-order valence-electron chi connectivity index (χ2n) is 10.2. The molecule has 1 amide bonds. The SMILES string of the molecule is [C-]#[N+][C@@](c1cccc(F)c1)(C1CCN(C(=O)CCCn2cccc2)CC1)[C@H]1CCC[C@@H]1CC(=O)OC. The van der Waals surface area contributed by atoms with Crippen molar-refractivity contribution in [2.24, 2.45) is 17.8 Å². The van der Waals surface area contributed by atoms with E-state index in [9.17, 15) is 14.0 Å². The number of esters is 1. The van der Waals surface area contributed by atoms with E-state index in [4.69, 9.17) is 11.3 Å². The monoisotopic (exact) mass is 493 g/mol. The summed E-state index contributed by atoms with van der Waals surface area (Å²) in [6.45, 7) is 10.5. The Balaban J connectivity index is 1.50. The Morgan fingerprint density at radius 2 is 1.89 bits per heavy atom. The van der Waals surface area contributed by atoms with Gasteiger partial charge in [0.1, 0.15) is 5.82 Å². The maximum absolute atomic E-state index is 14.4. The van der Waals surface area contributed by atoms with E-state index < -0.39 is 5.54 Å². The van der Waals surface area contributed by atoms with Crippen molar-refractivity contribution in [3.05, 3.63) is 71.6 Å². The molecule has 1 aromatic heterocycles. The number of benzene rings is 1. The Hall–Kier alpha value is -3.14. The lowest BCUT2D eigenvalue weighted by Crippen LogP contribution is -2.48. The highest BCUT2D eigenvalue weighted by Crippen LogP contribution is 2.54. The molecule has 2 aromatic rings. The summed E-state index contributed by atoms with van der Waals surface area (Å²) in [6.07, 6.45) is 9.62. The van der Waals surface area contributed by atoms with Crippen molar-refractivity contribution in [2.75, 3.05) is 20.2 Å². The molecule has 7 heteroatoms. The van der Waals surface area contributed by atoms with Crippen LogP contribution in [-0.2, 0) is 26.4 Å². The number of aryl methyl sites for hydroxylation is 1. The van der Waals surface area contributed by atoms with Crippen molar-refractivity contribution in [1.29, 1.82) is 0 Å². The molecule has 192 valence electrons. The minimum atomic E-state index is -0.916. The fraction of sp³-hybridized carbons (Fsp3) is 0.552. The number of carbonyl (C=O) groups excluding carboxylic acids is 2. The summed E-state index contributed by atoms with van der Waals surface area (Å²) in [5.74, 6) is -0.482. The number of halogens is 1. The van der Waals surface area contributed by atoms with Crippen molar-refractivity contribution >= 4 is 11.9 Å². The topological polar surface area (TPSA) is 55.9 Å². The Labute approximate surface area is 213 Å². The van der Waals surface area contributed by atoms with Gasteiger partial charge in [0.25, 0.3) is 5.54 Å². The van der Waals surface area contributed by atoms with Crippen LogP contribution in [0, 0.1) is 30.1 Å². The van der Waals surface area contributed by atoms with Crippen LogP contribution in [0.1, 0.15) is 56.9 Å². The molecule has 1 aromatic carbocycles. The molecule has 6 nitrogen and oxygen atoms in total. The lowest BCUT2D eigenvalue weighted by atomic mass is 9.63. The van der Waals surface area contributed by atoms with Crippen LogP contribution in [0.5, 0.6) is 0 Å². The van der Waals surface area contributed by atoms with Crippen molar-refractivity contribution < 1.29 is 18.7 Å². The van der Waals surface area contributed by atoms with Crippen molar-refractivity contribution in [3.63, 3.8) is 0 Å². The average Bonchev–Trinajstić information content (AvgIpc) is 3.58. The van der Waals surface area contributed by atoms with E-state index >= 15 is 0 Å². The first kappa shape index (κ1) is 25.9. The van der Waals surface area contributed by atoms with Crippen LogP contribution in [-0.4, -0.2) is 41.5 Å². The summed E-state index contributed by atoms with van der Waals surface area (Å²) in [4.78, 5) is 31.3. The smallest absolute Gasteiger partial charge is 0.305 e. The third kappa shape index (κ3) is 5.48. The van der Waals surface area contributed by atoms with Gasteiger partial charge in [-0.3, -0.25) is 9.59 Å². The van der Waals surface area contributed by atoms with E-state index in [-0.39, 0.29) is 41.9 Å². The number of likely N-dealkylation sites (tertiary alicyclic amines) is 1. The molecule has 2 heterocycles. The number of amides is 1. The van der Waals surface area contributed by atoms with Crippen LogP contribution in [0.4, 0.5) is 4.39 Å². The molecule has 0 spiro atoms. The Morgan fingerprint density at radius 3 is 2.56 bits per heavy atom. The summed E-state index contributed by atoms with van der Waals surface area (Å²) in [5.41, 5.74) is -0.211. The standard InChI is InChI=1S/C29H36FN3O3/c1-31-29(24-9-6-10-25(30)21-24,26-11-5-8-22(26)20-28(35)36-2)23-13-18-33(19-14-23)27(34)12-7-17-32-15-3-4-16-32/h3-4,6,9-10,15-16,21-23,26H,5,7-8,11-14,17-20H2,2H3/t22-,26+,29-/m1/s1. The molecule has 0 bridgehead atoms. The van der Waals surface area contributed by atoms with Crippen LogP contribution >= 0.6 is 0 Å². The molecular formula is C29H36FN3O3. The first-order valence-electron chi connectivity index (χ1n) is 13.1. The van der Waals surface area contributed by atoms with Crippen LogP contribution < -0.4 is 0 Å². The molecule has 1 aliphatic heterocycles. The van der Waals surface area contributed by atoms with Crippen LogP contribution in [0.3, 0.4) is 0 Å². The molecule has 0 radical (unpaired) electrons. The summed E-state index contributed by atoms with van der Waals surface area (Å²) < 4.78 is 21.4.